The van der Waals surface area contributed by atoms with Crippen molar-refractivity contribution in [1.82, 2.24) is 15.0 Å². The third-order valence-corrected chi connectivity index (χ3v) is 5.34. The molecule has 0 aliphatic carbocycles. The predicted octanol–water partition coefficient (Wildman–Crippen LogP) is 1.94. The van der Waals surface area contributed by atoms with E-state index in [9.17, 15) is 17.6 Å². The van der Waals surface area contributed by atoms with E-state index in [2.05, 4.69) is 10.1 Å². The van der Waals surface area contributed by atoms with Crippen LogP contribution in [0.2, 0.25) is 0 Å². The average Bonchev–Trinajstić information content (AvgIpc) is 3.08. The van der Waals surface area contributed by atoms with Crippen LogP contribution in [0, 0.1) is 5.82 Å². The molecular weight excluding hydrogens is 381 g/mol. The van der Waals surface area contributed by atoms with Gasteiger partial charge in [0.1, 0.15) is 12.4 Å². The van der Waals surface area contributed by atoms with E-state index >= 15 is 0 Å². The Morgan fingerprint density at radius 3 is 2.70 bits per heavy atom. The molecule has 0 radical (unpaired) electrons. The van der Waals surface area contributed by atoms with Crippen LogP contribution >= 0.6 is 0 Å². The van der Waals surface area contributed by atoms with Crippen molar-refractivity contribution in [1.29, 1.82) is 0 Å². The predicted molar refractivity (Wildman–Crippen MR) is 90.2 cm³/mol. The van der Waals surface area contributed by atoms with Gasteiger partial charge >= 0.3 is 6.09 Å². The van der Waals surface area contributed by atoms with Gasteiger partial charge < -0.3 is 19.3 Å². The van der Waals surface area contributed by atoms with E-state index in [1.165, 1.54) is 17.0 Å². The fraction of sp³-hybridized carbons (Fsp3) is 0.438. The number of benzene rings is 1. The van der Waals surface area contributed by atoms with E-state index in [4.69, 9.17) is 14.4 Å². The van der Waals surface area contributed by atoms with Crippen LogP contribution < -0.4 is 0 Å². The van der Waals surface area contributed by atoms with Crippen molar-refractivity contribution in [2.45, 2.75) is 30.4 Å². The van der Waals surface area contributed by atoms with Gasteiger partial charge in [-0.1, -0.05) is 5.16 Å². The number of halogens is 1. The summed E-state index contributed by atoms with van der Waals surface area (Å²) in [5.74, 6) is -0.628. The molecule has 0 unspecified atom stereocenters. The third-order valence-electron chi connectivity index (χ3n) is 4.23. The van der Waals surface area contributed by atoms with Gasteiger partial charge in [0.15, 0.2) is 9.84 Å². The molecule has 1 N–H and O–H groups in total. The second-order valence-electron chi connectivity index (χ2n) is 6.21. The number of piperidine rings is 1. The van der Waals surface area contributed by atoms with Crippen molar-refractivity contribution in [3.8, 4) is 11.4 Å². The largest absolute Gasteiger partial charge is 0.465 e. The van der Waals surface area contributed by atoms with Crippen molar-refractivity contribution in [3.05, 3.63) is 29.9 Å². The highest BCUT2D eigenvalue weighted by Gasteiger charge is 2.23. The molecule has 1 aromatic heterocycles. The molecular formula is C16H18FN3O6S. The summed E-state index contributed by atoms with van der Waals surface area (Å²) in [5.41, 5.74) is 0.0205. The zero-order valence-corrected chi connectivity index (χ0v) is 15.3. The molecule has 1 aliphatic heterocycles. The van der Waals surface area contributed by atoms with Gasteiger partial charge in [0.2, 0.25) is 5.82 Å². The number of carboxylic acid groups (broad SMARTS) is 1. The molecule has 9 nitrogen and oxygen atoms in total. The lowest BCUT2D eigenvalue weighted by atomic mass is 10.1. The van der Waals surface area contributed by atoms with Crippen LogP contribution in [0.3, 0.4) is 0 Å². The average molecular weight is 399 g/mol. The van der Waals surface area contributed by atoms with Gasteiger partial charge in [-0.05, 0) is 31.0 Å². The Hall–Kier alpha value is -2.53. The standard InChI is InChI=1S/C16H18FN3O6S/c1-27(23,24)11-2-3-12(13(17)8-11)15-18-14(26-19-15)9-25-10-4-6-20(7-5-10)16(21)22/h2-3,8,10H,4-7,9H2,1H3,(H,21,22). The Morgan fingerprint density at radius 1 is 1.41 bits per heavy atom. The van der Waals surface area contributed by atoms with Crippen LogP contribution in [-0.2, 0) is 21.2 Å². The summed E-state index contributed by atoms with van der Waals surface area (Å²) in [4.78, 5) is 16.1. The normalized spacial score (nSPS) is 15.9. The molecule has 0 atom stereocenters. The molecule has 0 saturated carbocycles. The van der Waals surface area contributed by atoms with Crippen molar-refractivity contribution in [2.24, 2.45) is 0 Å². The molecule has 1 fully saturated rings. The van der Waals surface area contributed by atoms with Gasteiger partial charge in [-0.15, -0.1) is 0 Å². The van der Waals surface area contributed by atoms with E-state index in [1.54, 1.807) is 0 Å². The number of aromatic nitrogens is 2. The van der Waals surface area contributed by atoms with Gasteiger partial charge in [-0.25, -0.2) is 17.6 Å². The molecule has 146 valence electrons. The second kappa shape index (κ2) is 7.61. The summed E-state index contributed by atoms with van der Waals surface area (Å²) in [6.07, 6.45) is 1.05. The van der Waals surface area contributed by atoms with Crippen LogP contribution in [0.25, 0.3) is 11.4 Å². The second-order valence-corrected chi connectivity index (χ2v) is 8.22. The van der Waals surface area contributed by atoms with Crippen molar-refractivity contribution in [3.63, 3.8) is 0 Å². The third kappa shape index (κ3) is 4.61. The monoisotopic (exact) mass is 399 g/mol. The Labute approximate surface area is 154 Å². The lowest BCUT2D eigenvalue weighted by Crippen LogP contribution is -2.40. The summed E-state index contributed by atoms with van der Waals surface area (Å²) < 4.78 is 47.8. The SMILES string of the molecule is CS(=O)(=O)c1ccc(-c2noc(COC3CCN(C(=O)O)CC3)n2)c(F)c1. The van der Waals surface area contributed by atoms with Gasteiger partial charge in [-0.3, -0.25) is 0 Å². The summed E-state index contributed by atoms with van der Waals surface area (Å²) in [6, 6.07) is 3.47. The minimum absolute atomic E-state index is 0.00755. The number of hydrogen-bond donors (Lipinski definition) is 1. The summed E-state index contributed by atoms with van der Waals surface area (Å²) in [6.45, 7) is 0.813. The first-order valence-corrected chi connectivity index (χ1v) is 10.0. The molecule has 27 heavy (non-hydrogen) atoms. The van der Waals surface area contributed by atoms with Crippen LogP contribution in [0.1, 0.15) is 18.7 Å². The highest BCUT2D eigenvalue weighted by molar-refractivity contribution is 7.90. The number of amides is 1. The minimum atomic E-state index is -3.51. The molecule has 1 aromatic carbocycles. The smallest absolute Gasteiger partial charge is 0.407 e. The minimum Gasteiger partial charge on any atom is -0.465 e. The quantitative estimate of drug-likeness (QED) is 0.809. The number of likely N-dealkylation sites (tertiary alicyclic amines) is 1. The molecule has 0 bridgehead atoms. The van der Waals surface area contributed by atoms with E-state index in [-0.39, 0.29) is 34.9 Å². The zero-order chi connectivity index (χ0) is 19.6. The van der Waals surface area contributed by atoms with E-state index in [0.717, 1.165) is 12.3 Å². The molecule has 2 aromatic rings. The Morgan fingerprint density at radius 2 is 2.11 bits per heavy atom. The first-order chi connectivity index (χ1) is 12.7. The fourth-order valence-corrected chi connectivity index (χ4v) is 3.37. The first kappa shape index (κ1) is 19.2. The first-order valence-electron chi connectivity index (χ1n) is 8.16. The molecule has 1 amide bonds. The van der Waals surface area contributed by atoms with Gasteiger partial charge in [-0.2, -0.15) is 4.98 Å². The highest BCUT2D eigenvalue weighted by atomic mass is 32.2. The summed E-state index contributed by atoms with van der Waals surface area (Å²) in [5, 5.41) is 12.6. The maximum atomic E-state index is 14.2. The number of hydrogen-bond acceptors (Lipinski definition) is 7. The lowest BCUT2D eigenvalue weighted by Gasteiger charge is -2.29. The van der Waals surface area contributed by atoms with Gasteiger partial charge in [0.05, 0.1) is 16.6 Å². The van der Waals surface area contributed by atoms with E-state index in [1.807, 2.05) is 0 Å². The number of sulfone groups is 1. The van der Waals surface area contributed by atoms with Crippen LogP contribution in [0.4, 0.5) is 9.18 Å². The molecule has 11 heteroatoms. The Kier molecular flexibility index (Phi) is 5.42. The molecule has 3 rings (SSSR count). The van der Waals surface area contributed by atoms with Crippen molar-refractivity contribution in [2.75, 3.05) is 19.3 Å². The van der Waals surface area contributed by atoms with E-state index in [0.29, 0.717) is 25.9 Å². The molecule has 2 heterocycles. The zero-order valence-electron chi connectivity index (χ0n) is 14.5. The lowest BCUT2D eigenvalue weighted by molar-refractivity contribution is -0.00953. The fourth-order valence-electron chi connectivity index (χ4n) is 2.73. The van der Waals surface area contributed by atoms with Crippen LogP contribution in [0.15, 0.2) is 27.6 Å². The highest BCUT2D eigenvalue weighted by Crippen LogP contribution is 2.23. The van der Waals surface area contributed by atoms with Crippen molar-refractivity contribution >= 4 is 15.9 Å². The number of ether oxygens (including phenoxy) is 1. The van der Waals surface area contributed by atoms with Gasteiger partial charge in [0.25, 0.3) is 5.89 Å². The molecule has 0 spiro atoms. The Bertz CT molecular complexity index is 937. The number of rotatable bonds is 5. The maximum Gasteiger partial charge on any atom is 0.407 e. The van der Waals surface area contributed by atoms with Gasteiger partial charge in [0, 0.05) is 19.3 Å². The van der Waals surface area contributed by atoms with Crippen LogP contribution in [-0.4, -0.2) is 60.1 Å². The van der Waals surface area contributed by atoms with E-state index < -0.39 is 21.7 Å². The maximum absolute atomic E-state index is 14.2. The Balaban J connectivity index is 1.61. The molecule has 1 saturated heterocycles. The number of carbonyl (C=O) groups is 1. The topological polar surface area (TPSA) is 123 Å². The van der Waals surface area contributed by atoms with Crippen LogP contribution in [0.5, 0.6) is 0 Å². The number of nitrogens with zero attached hydrogens (tertiary/aromatic N) is 3. The van der Waals surface area contributed by atoms with Crippen molar-refractivity contribution < 1.29 is 32.0 Å². The summed E-state index contributed by atoms with van der Waals surface area (Å²) >= 11 is 0. The summed E-state index contributed by atoms with van der Waals surface area (Å²) in [7, 11) is -3.51. The molecule has 1 aliphatic rings.